The molecule has 17 nitrogen and oxygen atoms in total. The number of unbranched alkanes of at least 4 members (excludes halogenated alkanes) is 55. The number of rotatable bonds is 86. The van der Waals surface area contributed by atoms with E-state index in [0.29, 0.717) is 25.7 Å². The normalized spacial score (nSPS) is 14.1. The van der Waals surface area contributed by atoms with E-state index in [1.807, 2.05) is 0 Å². The smallest absolute Gasteiger partial charge is 0.462 e. The summed E-state index contributed by atoms with van der Waals surface area (Å²) in [7, 11) is -9.93. The lowest BCUT2D eigenvalue weighted by Gasteiger charge is -2.21. The minimum atomic E-state index is -4.97. The Kier molecular flexibility index (Phi) is 76.9. The molecule has 19 heteroatoms. The molecule has 0 amide bonds. The van der Waals surface area contributed by atoms with Gasteiger partial charge in [0.2, 0.25) is 0 Å². The summed E-state index contributed by atoms with van der Waals surface area (Å²) in [6.45, 7) is 9.72. The second-order valence-electron chi connectivity index (χ2n) is 32.0. The molecule has 0 radical (unpaired) electrons. The van der Waals surface area contributed by atoms with Crippen molar-refractivity contribution in [1.82, 2.24) is 0 Å². The van der Waals surface area contributed by atoms with E-state index in [1.54, 1.807) is 0 Å². The van der Waals surface area contributed by atoms with Gasteiger partial charge in [-0.1, -0.05) is 414 Å². The van der Waals surface area contributed by atoms with Crippen molar-refractivity contribution in [3.63, 3.8) is 0 Å². The third-order valence-corrected chi connectivity index (χ3v) is 22.7. The van der Waals surface area contributed by atoms with Crippen LogP contribution in [-0.2, 0) is 65.4 Å². The standard InChI is InChI=1S/C87H170O17P2/c1-7-10-12-14-16-18-20-21-22-23-24-25-29-32-35-39-46-52-58-64-70-85(90)98-76-82(103-86(91)71-65-59-53-47-40-36-33-30-27-26-28-31-34-38-44-50-56-62-68-80(6)9-3)77-101-105(93,94)99-73-81(88)74-100-106(95,96)102-78-83(75-97-84(89)69-63-57-51-45-37-19-17-15-13-11-8-2)104-87(92)72-66-60-54-48-42-41-43-49-55-61-67-79(4)5/h79-83,88H,7-78H2,1-6H3,(H,93,94)(H,95,96)/t80?,81-,82-,83-/m1/s1. The maximum atomic E-state index is 13.2. The number of ether oxygens (including phenoxy) is 4. The first-order chi connectivity index (χ1) is 51.4. The van der Waals surface area contributed by atoms with Crippen molar-refractivity contribution in [2.45, 2.75) is 484 Å². The summed E-state index contributed by atoms with van der Waals surface area (Å²) in [6.07, 6.45) is 70.8. The molecule has 0 rings (SSSR count). The summed E-state index contributed by atoms with van der Waals surface area (Å²) in [5, 5.41) is 10.7. The quantitative estimate of drug-likeness (QED) is 0.0222. The van der Waals surface area contributed by atoms with Crippen molar-refractivity contribution in [3.8, 4) is 0 Å². The van der Waals surface area contributed by atoms with E-state index in [4.69, 9.17) is 37.0 Å². The average molecular weight is 1550 g/mol. The summed E-state index contributed by atoms with van der Waals surface area (Å²) in [5.74, 6) is -0.478. The lowest BCUT2D eigenvalue weighted by molar-refractivity contribution is -0.161. The van der Waals surface area contributed by atoms with Crippen molar-refractivity contribution in [2.24, 2.45) is 11.8 Å². The van der Waals surface area contributed by atoms with Crippen molar-refractivity contribution in [1.29, 1.82) is 0 Å². The molecule has 0 aromatic carbocycles. The Hall–Kier alpha value is -1.94. The predicted molar refractivity (Wildman–Crippen MR) is 437 cm³/mol. The third-order valence-electron chi connectivity index (χ3n) is 20.8. The van der Waals surface area contributed by atoms with E-state index >= 15 is 0 Å². The highest BCUT2D eigenvalue weighted by molar-refractivity contribution is 7.47. The molecule has 3 unspecified atom stereocenters. The van der Waals surface area contributed by atoms with Crippen LogP contribution in [0.2, 0.25) is 0 Å². The van der Waals surface area contributed by atoms with Crippen LogP contribution < -0.4 is 0 Å². The fourth-order valence-corrected chi connectivity index (χ4v) is 15.1. The highest BCUT2D eigenvalue weighted by Crippen LogP contribution is 2.45. The molecule has 0 aromatic rings. The van der Waals surface area contributed by atoms with Crippen LogP contribution in [-0.4, -0.2) is 96.7 Å². The Morgan fingerprint density at radius 3 is 0.717 bits per heavy atom. The molecule has 0 aromatic heterocycles. The maximum absolute atomic E-state index is 13.2. The Morgan fingerprint density at radius 1 is 0.274 bits per heavy atom. The molecule has 0 heterocycles. The Labute approximate surface area is 651 Å². The molecule has 0 saturated carbocycles. The number of carbonyl (C=O) groups excluding carboxylic acids is 4. The summed E-state index contributed by atoms with van der Waals surface area (Å²) >= 11 is 0. The van der Waals surface area contributed by atoms with E-state index in [9.17, 15) is 43.2 Å². The van der Waals surface area contributed by atoms with E-state index in [1.165, 1.54) is 283 Å². The van der Waals surface area contributed by atoms with Crippen LogP contribution in [0.4, 0.5) is 0 Å². The van der Waals surface area contributed by atoms with Gasteiger partial charge in [0, 0.05) is 25.7 Å². The number of aliphatic hydroxyl groups excluding tert-OH is 1. The molecule has 630 valence electrons. The molecule has 0 aliphatic carbocycles. The first-order valence-corrected chi connectivity index (χ1v) is 48.0. The van der Waals surface area contributed by atoms with Crippen molar-refractivity contribution in [2.75, 3.05) is 39.6 Å². The minimum Gasteiger partial charge on any atom is -0.462 e. The Balaban J connectivity index is 5.22. The summed E-state index contributed by atoms with van der Waals surface area (Å²) in [5.41, 5.74) is 0. The number of hydrogen-bond acceptors (Lipinski definition) is 15. The van der Waals surface area contributed by atoms with E-state index in [0.717, 1.165) is 102 Å². The second kappa shape index (κ2) is 78.3. The zero-order valence-electron chi connectivity index (χ0n) is 69.7. The fourth-order valence-electron chi connectivity index (χ4n) is 13.6. The molecule has 0 fully saturated rings. The first kappa shape index (κ1) is 104. The highest BCUT2D eigenvalue weighted by atomic mass is 31.2. The number of aliphatic hydroxyl groups is 1. The Morgan fingerprint density at radius 2 is 0.481 bits per heavy atom. The van der Waals surface area contributed by atoms with Crippen molar-refractivity contribution < 1.29 is 80.2 Å². The molecule has 0 spiro atoms. The Bertz CT molecular complexity index is 2030. The van der Waals surface area contributed by atoms with Crippen LogP contribution >= 0.6 is 15.6 Å². The van der Waals surface area contributed by atoms with Gasteiger partial charge in [0.1, 0.15) is 19.3 Å². The molecule has 0 bridgehead atoms. The van der Waals surface area contributed by atoms with Crippen LogP contribution in [0, 0.1) is 11.8 Å². The fraction of sp³-hybridized carbons (Fsp3) is 0.954. The minimum absolute atomic E-state index is 0.107. The maximum Gasteiger partial charge on any atom is 0.472 e. The third kappa shape index (κ3) is 78.7. The van der Waals surface area contributed by atoms with Gasteiger partial charge < -0.3 is 33.8 Å². The van der Waals surface area contributed by atoms with Gasteiger partial charge in [0.25, 0.3) is 0 Å². The topological polar surface area (TPSA) is 237 Å². The number of phosphoric ester groups is 2. The van der Waals surface area contributed by atoms with Gasteiger partial charge in [-0.25, -0.2) is 9.13 Å². The lowest BCUT2D eigenvalue weighted by atomic mass is 9.99. The molecule has 6 atom stereocenters. The molecule has 0 aliphatic rings. The van der Waals surface area contributed by atoms with Gasteiger partial charge in [-0.15, -0.1) is 0 Å². The van der Waals surface area contributed by atoms with Gasteiger partial charge in [-0.3, -0.25) is 37.3 Å². The van der Waals surface area contributed by atoms with Crippen LogP contribution in [0.5, 0.6) is 0 Å². The molecular weight excluding hydrogens is 1380 g/mol. The molecule has 0 saturated heterocycles. The SMILES string of the molecule is CCCCCCCCCCCCCCCCCCCCCCC(=O)OC[C@H](COP(=O)(O)OC[C@@H](O)COP(=O)(O)OC[C@@H](COC(=O)CCCCCCCCCCCCC)OC(=O)CCCCCCCCCCCCC(C)C)OC(=O)CCCCCCCCCCCCCCCCCCCCC(C)CC. The van der Waals surface area contributed by atoms with Crippen molar-refractivity contribution in [3.05, 3.63) is 0 Å². The molecule has 0 aliphatic heterocycles. The number of carbonyl (C=O) groups is 4. The van der Waals surface area contributed by atoms with Crippen LogP contribution in [0.15, 0.2) is 0 Å². The zero-order chi connectivity index (χ0) is 77.8. The van der Waals surface area contributed by atoms with Crippen LogP contribution in [0.1, 0.15) is 465 Å². The van der Waals surface area contributed by atoms with E-state index in [2.05, 4.69) is 41.5 Å². The first-order valence-electron chi connectivity index (χ1n) is 45.0. The van der Waals surface area contributed by atoms with Crippen molar-refractivity contribution >= 4 is 39.5 Å². The van der Waals surface area contributed by atoms with Crippen LogP contribution in [0.25, 0.3) is 0 Å². The predicted octanol–water partition coefficient (Wildman–Crippen LogP) is 26.6. The summed E-state index contributed by atoms with van der Waals surface area (Å²) < 4.78 is 68.9. The number of phosphoric acid groups is 2. The molecule has 3 N–H and O–H groups in total. The van der Waals surface area contributed by atoms with Gasteiger partial charge in [0.15, 0.2) is 12.2 Å². The average Bonchev–Trinajstić information content (AvgIpc) is 0.901. The monoisotopic (exact) mass is 1550 g/mol. The van der Waals surface area contributed by atoms with Crippen LogP contribution in [0.3, 0.4) is 0 Å². The highest BCUT2D eigenvalue weighted by Gasteiger charge is 2.30. The number of esters is 4. The van der Waals surface area contributed by atoms with Gasteiger partial charge >= 0.3 is 39.5 Å². The van der Waals surface area contributed by atoms with Gasteiger partial charge in [-0.2, -0.15) is 0 Å². The molecular formula is C87H170O17P2. The van der Waals surface area contributed by atoms with Gasteiger partial charge in [-0.05, 0) is 37.5 Å². The summed E-state index contributed by atoms with van der Waals surface area (Å²) in [4.78, 5) is 73.2. The second-order valence-corrected chi connectivity index (χ2v) is 34.9. The lowest BCUT2D eigenvalue weighted by Crippen LogP contribution is -2.30. The number of hydrogen-bond donors (Lipinski definition) is 3. The van der Waals surface area contributed by atoms with E-state index in [-0.39, 0.29) is 25.7 Å². The van der Waals surface area contributed by atoms with Gasteiger partial charge in [0.05, 0.1) is 26.4 Å². The van der Waals surface area contributed by atoms with E-state index < -0.39 is 97.5 Å². The summed E-state index contributed by atoms with van der Waals surface area (Å²) in [6, 6.07) is 0. The molecule has 106 heavy (non-hydrogen) atoms. The zero-order valence-corrected chi connectivity index (χ0v) is 71.5. The largest absolute Gasteiger partial charge is 0.472 e.